The molecule has 4 aromatic rings. The number of amides is 1. The zero-order chi connectivity index (χ0) is 22.7. The fourth-order valence-electron chi connectivity index (χ4n) is 3.15. The van der Waals surface area contributed by atoms with Crippen molar-refractivity contribution >= 4 is 61.5 Å². The normalized spacial score (nSPS) is 11.0. The molecule has 6 nitrogen and oxygen atoms in total. The lowest BCUT2D eigenvalue weighted by molar-refractivity contribution is -0.113. The molecular formula is C23H21N3O3S3. The highest BCUT2D eigenvalue weighted by Crippen LogP contribution is 2.37. The van der Waals surface area contributed by atoms with Crippen LogP contribution in [0.4, 0.5) is 5.00 Å². The second-order valence-electron chi connectivity index (χ2n) is 6.92. The quantitative estimate of drug-likeness (QED) is 0.199. The van der Waals surface area contributed by atoms with E-state index in [0.717, 1.165) is 31.2 Å². The molecule has 1 aromatic carbocycles. The summed E-state index contributed by atoms with van der Waals surface area (Å²) in [6.07, 6.45) is 1.53. The molecule has 0 saturated carbocycles. The SMILES string of the molecule is CCOC(=O)c1cc(-c2ccccc2)sc1NC(=O)CSc1ncnc2sc(C)c(C)c12. The standard InChI is InChI=1S/C23H21N3O3S3/c1-4-29-23(28)16-10-17(15-8-6-5-7-9-15)32-20(16)26-18(27)11-30-21-19-13(2)14(3)31-22(19)25-12-24-21/h5-10,12H,4,11H2,1-3H3,(H,26,27). The first-order valence-corrected chi connectivity index (χ1v) is 12.6. The number of aromatic nitrogens is 2. The van der Waals surface area contributed by atoms with E-state index in [0.29, 0.717) is 10.6 Å². The number of benzene rings is 1. The van der Waals surface area contributed by atoms with Gasteiger partial charge in [-0.05, 0) is 38.0 Å². The van der Waals surface area contributed by atoms with Crippen LogP contribution in [0.15, 0.2) is 47.8 Å². The molecule has 0 aliphatic carbocycles. The molecule has 164 valence electrons. The Balaban J connectivity index is 1.54. The van der Waals surface area contributed by atoms with Crippen molar-refractivity contribution in [2.24, 2.45) is 0 Å². The summed E-state index contributed by atoms with van der Waals surface area (Å²) in [6.45, 7) is 6.13. The summed E-state index contributed by atoms with van der Waals surface area (Å²) in [5.41, 5.74) is 2.48. The Bertz CT molecular complexity index is 1280. The number of nitrogens with zero attached hydrogens (tertiary/aromatic N) is 2. The van der Waals surface area contributed by atoms with Gasteiger partial charge in [-0.25, -0.2) is 14.8 Å². The zero-order valence-electron chi connectivity index (χ0n) is 17.8. The summed E-state index contributed by atoms with van der Waals surface area (Å²) in [4.78, 5) is 37.0. The molecule has 1 amide bonds. The maximum atomic E-state index is 12.8. The first-order valence-electron chi connectivity index (χ1n) is 9.97. The maximum Gasteiger partial charge on any atom is 0.341 e. The van der Waals surface area contributed by atoms with E-state index in [1.807, 2.05) is 37.3 Å². The van der Waals surface area contributed by atoms with Crippen molar-refractivity contribution in [3.05, 3.63) is 58.7 Å². The van der Waals surface area contributed by atoms with Gasteiger partial charge >= 0.3 is 5.97 Å². The van der Waals surface area contributed by atoms with E-state index >= 15 is 0 Å². The molecule has 0 aliphatic rings. The van der Waals surface area contributed by atoms with Crippen molar-refractivity contribution in [2.45, 2.75) is 25.8 Å². The van der Waals surface area contributed by atoms with Crippen molar-refractivity contribution in [3.63, 3.8) is 0 Å². The number of carbonyl (C=O) groups excluding carboxylic acids is 2. The second kappa shape index (κ2) is 9.81. The third kappa shape index (κ3) is 4.69. The van der Waals surface area contributed by atoms with Gasteiger partial charge in [0.2, 0.25) is 5.91 Å². The minimum Gasteiger partial charge on any atom is -0.462 e. The first-order chi connectivity index (χ1) is 15.5. The van der Waals surface area contributed by atoms with Crippen LogP contribution in [0.1, 0.15) is 27.7 Å². The Labute approximate surface area is 198 Å². The van der Waals surface area contributed by atoms with Crippen LogP contribution in [-0.2, 0) is 9.53 Å². The van der Waals surface area contributed by atoms with Gasteiger partial charge in [0.15, 0.2) is 0 Å². The fourth-order valence-corrected chi connectivity index (χ4v) is 6.13. The first kappa shape index (κ1) is 22.4. The second-order valence-corrected chi connectivity index (χ2v) is 10.1. The predicted octanol–water partition coefficient (Wildman–Crippen LogP) is 5.94. The molecule has 0 atom stereocenters. The fraction of sp³-hybridized carbons (Fsp3) is 0.217. The summed E-state index contributed by atoms with van der Waals surface area (Å²) in [6, 6.07) is 11.5. The van der Waals surface area contributed by atoms with Gasteiger partial charge in [-0.1, -0.05) is 42.1 Å². The maximum absolute atomic E-state index is 12.8. The summed E-state index contributed by atoms with van der Waals surface area (Å²) in [5.74, 6) is -0.490. The van der Waals surface area contributed by atoms with E-state index in [1.165, 1.54) is 34.3 Å². The number of hydrogen-bond acceptors (Lipinski definition) is 8. The van der Waals surface area contributed by atoms with Crippen LogP contribution < -0.4 is 5.32 Å². The highest BCUT2D eigenvalue weighted by Gasteiger charge is 2.20. The van der Waals surface area contributed by atoms with E-state index in [1.54, 1.807) is 24.3 Å². The predicted molar refractivity (Wildman–Crippen MR) is 132 cm³/mol. The van der Waals surface area contributed by atoms with Crippen LogP contribution in [0.25, 0.3) is 20.7 Å². The number of thioether (sulfide) groups is 1. The molecule has 1 N–H and O–H groups in total. The molecule has 3 aromatic heterocycles. The van der Waals surface area contributed by atoms with Crippen LogP contribution in [0.3, 0.4) is 0 Å². The van der Waals surface area contributed by atoms with E-state index in [9.17, 15) is 9.59 Å². The molecule has 3 heterocycles. The molecule has 0 radical (unpaired) electrons. The van der Waals surface area contributed by atoms with E-state index in [4.69, 9.17) is 4.74 Å². The van der Waals surface area contributed by atoms with E-state index in [-0.39, 0.29) is 18.3 Å². The average Bonchev–Trinajstić information content (AvgIpc) is 3.34. The van der Waals surface area contributed by atoms with Crippen molar-refractivity contribution in [3.8, 4) is 10.4 Å². The molecule has 0 spiro atoms. The Kier molecular flexibility index (Phi) is 6.88. The van der Waals surface area contributed by atoms with Crippen molar-refractivity contribution in [1.29, 1.82) is 0 Å². The third-order valence-corrected chi connectivity index (χ3v) is 8.01. The van der Waals surface area contributed by atoms with Gasteiger partial charge in [-0.2, -0.15) is 0 Å². The number of rotatable bonds is 7. The van der Waals surface area contributed by atoms with Crippen molar-refractivity contribution < 1.29 is 14.3 Å². The Hall–Kier alpha value is -2.75. The van der Waals surface area contributed by atoms with Crippen LogP contribution in [-0.4, -0.2) is 34.2 Å². The number of fused-ring (bicyclic) bond motifs is 1. The van der Waals surface area contributed by atoms with Crippen LogP contribution in [0.5, 0.6) is 0 Å². The summed E-state index contributed by atoms with van der Waals surface area (Å²) < 4.78 is 5.19. The van der Waals surface area contributed by atoms with Gasteiger partial charge in [-0.3, -0.25) is 4.79 Å². The van der Waals surface area contributed by atoms with Crippen LogP contribution in [0.2, 0.25) is 0 Å². The van der Waals surface area contributed by atoms with Crippen LogP contribution in [0, 0.1) is 13.8 Å². The number of thiophene rings is 2. The number of anilines is 1. The molecule has 0 unspecified atom stereocenters. The van der Waals surface area contributed by atoms with Crippen molar-refractivity contribution in [1.82, 2.24) is 9.97 Å². The van der Waals surface area contributed by atoms with Gasteiger partial charge in [0.05, 0.1) is 17.9 Å². The summed E-state index contributed by atoms with van der Waals surface area (Å²) >= 11 is 4.35. The highest BCUT2D eigenvalue weighted by atomic mass is 32.2. The number of aryl methyl sites for hydroxylation is 2. The lowest BCUT2D eigenvalue weighted by Crippen LogP contribution is -2.16. The molecule has 0 bridgehead atoms. The zero-order valence-corrected chi connectivity index (χ0v) is 20.2. The number of ether oxygens (including phenoxy) is 1. The minimum absolute atomic E-state index is 0.168. The molecular weight excluding hydrogens is 462 g/mol. The number of nitrogens with one attached hydrogen (secondary N) is 1. The number of hydrogen-bond donors (Lipinski definition) is 1. The van der Waals surface area contributed by atoms with Gasteiger partial charge in [0.25, 0.3) is 0 Å². The smallest absolute Gasteiger partial charge is 0.341 e. The molecule has 32 heavy (non-hydrogen) atoms. The highest BCUT2D eigenvalue weighted by molar-refractivity contribution is 8.00. The third-order valence-electron chi connectivity index (χ3n) is 4.81. The molecule has 4 rings (SSSR count). The largest absolute Gasteiger partial charge is 0.462 e. The van der Waals surface area contributed by atoms with Gasteiger partial charge in [0.1, 0.15) is 21.2 Å². The van der Waals surface area contributed by atoms with Gasteiger partial charge in [0, 0.05) is 15.1 Å². The lowest BCUT2D eigenvalue weighted by Gasteiger charge is -2.06. The summed E-state index contributed by atoms with van der Waals surface area (Å²) in [5, 5.41) is 5.17. The lowest BCUT2D eigenvalue weighted by atomic mass is 10.1. The summed E-state index contributed by atoms with van der Waals surface area (Å²) in [7, 11) is 0. The molecule has 0 aliphatic heterocycles. The monoisotopic (exact) mass is 483 g/mol. The van der Waals surface area contributed by atoms with Crippen molar-refractivity contribution in [2.75, 3.05) is 17.7 Å². The molecule has 0 saturated heterocycles. The average molecular weight is 484 g/mol. The Morgan fingerprint density at radius 3 is 2.66 bits per heavy atom. The molecule has 0 fully saturated rings. The van der Waals surface area contributed by atoms with E-state index in [2.05, 4.69) is 22.2 Å². The Morgan fingerprint density at radius 2 is 1.91 bits per heavy atom. The minimum atomic E-state index is -0.448. The van der Waals surface area contributed by atoms with Gasteiger partial charge in [-0.15, -0.1) is 22.7 Å². The van der Waals surface area contributed by atoms with Gasteiger partial charge < -0.3 is 10.1 Å². The number of carbonyl (C=O) groups is 2. The topological polar surface area (TPSA) is 81.2 Å². The van der Waals surface area contributed by atoms with E-state index < -0.39 is 5.97 Å². The van der Waals surface area contributed by atoms with Crippen LogP contribution >= 0.6 is 34.4 Å². The Morgan fingerprint density at radius 1 is 1.12 bits per heavy atom. The number of esters is 1. The molecule has 9 heteroatoms.